The lowest BCUT2D eigenvalue weighted by Crippen LogP contribution is -2.23. The van der Waals surface area contributed by atoms with Crippen LogP contribution in [0, 0.1) is 6.92 Å². The normalized spacial score (nSPS) is 12.4. The second-order valence-corrected chi connectivity index (χ2v) is 3.86. The Morgan fingerprint density at radius 1 is 1.24 bits per heavy atom. The Kier molecular flexibility index (Phi) is 3.77. The molecule has 1 unspecified atom stereocenters. The number of aromatic nitrogens is 3. The Morgan fingerprint density at radius 3 is 2.71 bits per heavy atom. The molecule has 2 aromatic rings. The van der Waals surface area contributed by atoms with Crippen LogP contribution in [0.25, 0.3) is 0 Å². The molecule has 88 valence electrons. The van der Waals surface area contributed by atoms with Gasteiger partial charge in [-0.05, 0) is 31.2 Å². The number of rotatable bonds is 4. The van der Waals surface area contributed by atoms with Crippen LogP contribution < -0.4 is 5.32 Å². The molecule has 1 atom stereocenters. The van der Waals surface area contributed by atoms with Crippen molar-refractivity contribution < 1.29 is 0 Å². The Balaban J connectivity index is 2.32. The van der Waals surface area contributed by atoms with Gasteiger partial charge >= 0.3 is 0 Å². The maximum atomic E-state index is 4.32. The van der Waals surface area contributed by atoms with Gasteiger partial charge in [-0.2, -0.15) is 0 Å². The zero-order chi connectivity index (χ0) is 12.1. The molecule has 4 heteroatoms. The largest absolute Gasteiger partial charge is 0.305 e. The van der Waals surface area contributed by atoms with Crippen LogP contribution in [0.4, 0.5) is 0 Å². The van der Waals surface area contributed by atoms with Crippen LogP contribution in [0.5, 0.6) is 0 Å². The first-order valence-corrected chi connectivity index (χ1v) is 5.73. The fraction of sp³-hybridized carbons (Fsp3) is 0.308. The molecule has 0 bridgehead atoms. The van der Waals surface area contributed by atoms with Gasteiger partial charge in [0.25, 0.3) is 0 Å². The first-order chi connectivity index (χ1) is 8.31. The summed E-state index contributed by atoms with van der Waals surface area (Å²) in [5, 5.41) is 3.40. The standard InChI is InChI=1S/C13H16N4/c1-3-15-13(12-6-7-14-9-17-12)11-5-4-10(2)16-8-11/h4-9,13,15H,3H2,1-2H3. The molecule has 0 radical (unpaired) electrons. The van der Waals surface area contributed by atoms with E-state index in [4.69, 9.17) is 0 Å². The first-order valence-electron chi connectivity index (χ1n) is 5.73. The number of hydrogen-bond acceptors (Lipinski definition) is 4. The van der Waals surface area contributed by atoms with E-state index in [1.165, 1.54) is 0 Å². The SMILES string of the molecule is CCNC(c1ccc(C)nc1)c1ccncn1. The molecule has 4 nitrogen and oxygen atoms in total. The molecular formula is C13H16N4. The highest BCUT2D eigenvalue weighted by Gasteiger charge is 2.13. The van der Waals surface area contributed by atoms with E-state index >= 15 is 0 Å². The number of nitrogens with one attached hydrogen (secondary N) is 1. The summed E-state index contributed by atoms with van der Waals surface area (Å²) < 4.78 is 0. The van der Waals surface area contributed by atoms with Crippen molar-refractivity contribution in [1.82, 2.24) is 20.3 Å². The number of nitrogens with zero attached hydrogens (tertiary/aromatic N) is 3. The van der Waals surface area contributed by atoms with Crippen LogP contribution in [-0.2, 0) is 0 Å². The molecule has 0 aromatic carbocycles. The summed E-state index contributed by atoms with van der Waals surface area (Å²) in [5.74, 6) is 0. The predicted molar refractivity (Wildman–Crippen MR) is 66.5 cm³/mol. The number of aryl methyl sites for hydroxylation is 1. The molecule has 0 amide bonds. The third kappa shape index (κ3) is 2.85. The summed E-state index contributed by atoms with van der Waals surface area (Å²) in [4.78, 5) is 12.6. The molecule has 2 aromatic heterocycles. The van der Waals surface area contributed by atoms with Crippen LogP contribution in [-0.4, -0.2) is 21.5 Å². The Morgan fingerprint density at radius 2 is 2.12 bits per heavy atom. The third-order valence-corrected chi connectivity index (χ3v) is 2.58. The summed E-state index contributed by atoms with van der Waals surface area (Å²) in [6.45, 7) is 4.94. The topological polar surface area (TPSA) is 50.7 Å². The van der Waals surface area contributed by atoms with Gasteiger partial charge in [0.2, 0.25) is 0 Å². The molecule has 0 saturated heterocycles. The summed E-state index contributed by atoms with van der Waals surface area (Å²) in [5.41, 5.74) is 3.11. The summed E-state index contributed by atoms with van der Waals surface area (Å²) in [7, 11) is 0. The lowest BCUT2D eigenvalue weighted by Gasteiger charge is -2.17. The van der Waals surface area contributed by atoms with Gasteiger partial charge in [-0.25, -0.2) is 9.97 Å². The van der Waals surface area contributed by atoms with Crippen LogP contribution in [0.2, 0.25) is 0 Å². The zero-order valence-corrected chi connectivity index (χ0v) is 10.1. The minimum atomic E-state index is 0.0797. The molecule has 0 aliphatic rings. The maximum Gasteiger partial charge on any atom is 0.115 e. The van der Waals surface area contributed by atoms with Crippen LogP contribution in [0.1, 0.15) is 29.9 Å². The highest BCUT2D eigenvalue weighted by atomic mass is 14.9. The Hall–Kier alpha value is -1.81. The van der Waals surface area contributed by atoms with E-state index < -0.39 is 0 Å². The molecule has 0 aliphatic heterocycles. The molecule has 17 heavy (non-hydrogen) atoms. The summed E-state index contributed by atoms with van der Waals surface area (Å²) >= 11 is 0. The lowest BCUT2D eigenvalue weighted by atomic mass is 10.1. The maximum absolute atomic E-state index is 4.32. The van der Waals surface area contributed by atoms with Gasteiger partial charge < -0.3 is 5.32 Å². The molecule has 1 N–H and O–H groups in total. The fourth-order valence-electron chi connectivity index (χ4n) is 1.72. The van der Waals surface area contributed by atoms with Gasteiger partial charge in [0.05, 0.1) is 11.7 Å². The molecule has 0 saturated carbocycles. The van der Waals surface area contributed by atoms with Gasteiger partial charge in [0, 0.05) is 18.1 Å². The summed E-state index contributed by atoms with van der Waals surface area (Å²) in [6.07, 6.45) is 5.22. The number of hydrogen-bond donors (Lipinski definition) is 1. The third-order valence-electron chi connectivity index (χ3n) is 2.58. The van der Waals surface area contributed by atoms with Crippen LogP contribution >= 0.6 is 0 Å². The van der Waals surface area contributed by atoms with Crippen LogP contribution in [0.3, 0.4) is 0 Å². The highest BCUT2D eigenvalue weighted by Crippen LogP contribution is 2.18. The molecule has 2 rings (SSSR count). The van der Waals surface area contributed by atoms with E-state index in [0.29, 0.717) is 0 Å². The zero-order valence-electron chi connectivity index (χ0n) is 10.1. The second-order valence-electron chi connectivity index (χ2n) is 3.86. The summed E-state index contributed by atoms with van der Waals surface area (Å²) in [6, 6.07) is 6.10. The van der Waals surface area contributed by atoms with Crippen molar-refractivity contribution in [3.05, 3.63) is 53.9 Å². The van der Waals surface area contributed by atoms with E-state index in [2.05, 4.69) is 33.3 Å². The minimum absolute atomic E-state index is 0.0797. The van der Waals surface area contributed by atoms with Gasteiger partial charge in [-0.3, -0.25) is 4.98 Å². The van der Waals surface area contributed by atoms with Crippen molar-refractivity contribution in [3.8, 4) is 0 Å². The average Bonchev–Trinajstić information content (AvgIpc) is 2.38. The molecule has 0 spiro atoms. The van der Waals surface area contributed by atoms with E-state index in [1.54, 1.807) is 12.5 Å². The van der Waals surface area contributed by atoms with Gasteiger partial charge in [0.15, 0.2) is 0 Å². The molecule has 2 heterocycles. The van der Waals surface area contributed by atoms with Crippen LogP contribution in [0.15, 0.2) is 36.9 Å². The first kappa shape index (κ1) is 11.7. The van der Waals surface area contributed by atoms with Gasteiger partial charge in [-0.15, -0.1) is 0 Å². The van der Waals surface area contributed by atoms with Crippen molar-refractivity contribution >= 4 is 0 Å². The Labute approximate surface area is 101 Å². The average molecular weight is 228 g/mol. The minimum Gasteiger partial charge on any atom is -0.305 e. The van der Waals surface area contributed by atoms with E-state index in [9.17, 15) is 0 Å². The molecule has 0 fully saturated rings. The highest BCUT2D eigenvalue weighted by molar-refractivity contribution is 5.25. The van der Waals surface area contributed by atoms with Crippen molar-refractivity contribution in [2.45, 2.75) is 19.9 Å². The van der Waals surface area contributed by atoms with Crippen molar-refractivity contribution in [2.24, 2.45) is 0 Å². The van der Waals surface area contributed by atoms with Gasteiger partial charge in [0.1, 0.15) is 6.33 Å². The number of pyridine rings is 1. The van der Waals surface area contributed by atoms with Crippen molar-refractivity contribution in [1.29, 1.82) is 0 Å². The molecular weight excluding hydrogens is 212 g/mol. The van der Waals surface area contributed by atoms with Crippen molar-refractivity contribution in [3.63, 3.8) is 0 Å². The molecule has 0 aliphatic carbocycles. The van der Waals surface area contributed by atoms with E-state index in [0.717, 1.165) is 23.5 Å². The second kappa shape index (κ2) is 5.50. The Bertz CT molecular complexity index is 453. The lowest BCUT2D eigenvalue weighted by molar-refractivity contribution is 0.611. The quantitative estimate of drug-likeness (QED) is 0.868. The van der Waals surface area contributed by atoms with E-state index in [-0.39, 0.29) is 6.04 Å². The fourth-order valence-corrected chi connectivity index (χ4v) is 1.72. The van der Waals surface area contributed by atoms with Crippen molar-refractivity contribution in [2.75, 3.05) is 6.54 Å². The predicted octanol–water partition coefficient (Wildman–Crippen LogP) is 1.88. The van der Waals surface area contributed by atoms with Gasteiger partial charge in [-0.1, -0.05) is 13.0 Å². The smallest absolute Gasteiger partial charge is 0.115 e. The van der Waals surface area contributed by atoms with E-state index in [1.807, 2.05) is 25.3 Å². The monoisotopic (exact) mass is 228 g/mol.